The zero-order valence-electron chi connectivity index (χ0n) is 9.33. The highest BCUT2D eigenvalue weighted by Gasteiger charge is 1.97. The molecule has 0 aliphatic heterocycles. The van der Waals surface area contributed by atoms with Gasteiger partial charge in [-0.25, -0.2) is 0 Å². The maximum Gasteiger partial charge on any atom is 0.217 e. The molecule has 0 bridgehead atoms. The lowest BCUT2D eigenvalue weighted by atomic mass is 10.2. The van der Waals surface area contributed by atoms with Crippen LogP contribution in [0.4, 0.5) is 5.69 Å². The third kappa shape index (κ3) is 3.54. The normalized spacial score (nSPS) is 8.88. The van der Waals surface area contributed by atoms with Gasteiger partial charge in [0.2, 0.25) is 5.91 Å². The maximum atomic E-state index is 10.6. The van der Waals surface area contributed by atoms with E-state index in [9.17, 15) is 4.79 Å². The molecular weight excluding hydrogens is 204 g/mol. The van der Waals surface area contributed by atoms with Crippen LogP contribution in [0.2, 0.25) is 0 Å². The van der Waals surface area contributed by atoms with Crippen LogP contribution in [0, 0.1) is 11.8 Å². The van der Waals surface area contributed by atoms with Crippen LogP contribution >= 0.6 is 0 Å². The Kier molecular flexibility index (Phi) is 4.22. The number of amides is 1. The summed E-state index contributed by atoms with van der Waals surface area (Å²) in [6, 6.07) is 5.29. The summed E-state index contributed by atoms with van der Waals surface area (Å²) in [7, 11) is 1.58. The van der Waals surface area contributed by atoms with Gasteiger partial charge in [0.25, 0.3) is 0 Å². The molecule has 16 heavy (non-hydrogen) atoms. The number of anilines is 1. The second-order valence-electron chi connectivity index (χ2n) is 3.16. The summed E-state index contributed by atoms with van der Waals surface area (Å²) < 4.78 is 5.02. The predicted molar refractivity (Wildman–Crippen MR) is 63.0 cm³/mol. The third-order valence-corrected chi connectivity index (χ3v) is 1.91. The van der Waals surface area contributed by atoms with Crippen molar-refractivity contribution in [2.24, 2.45) is 0 Å². The van der Waals surface area contributed by atoms with E-state index in [4.69, 9.17) is 10.5 Å². The Morgan fingerprint density at radius 3 is 2.88 bits per heavy atom. The van der Waals surface area contributed by atoms with Gasteiger partial charge in [-0.05, 0) is 12.1 Å². The second-order valence-corrected chi connectivity index (χ2v) is 3.16. The monoisotopic (exact) mass is 218 g/mol. The molecule has 1 amide bonds. The second kappa shape index (κ2) is 5.66. The minimum absolute atomic E-state index is 0.1000. The van der Waals surface area contributed by atoms with E-state index in [1.54, 1.807) is 25.3 Å². The first-order valence-electron chi connectivity index (χ1n) is 4.80. The molecule has 1 aromatic carbocycles. The van der Waals surface area contributed by atoms with Crippen LogP contribution < -0.4 is 15.8 Å². The van der Waals surface area contributed by atoms with E-state index >= 15 is 0 Å². The Bertz CT molecular complexity index is 444. The van der Waals surface area contributed by atoms with Crippen molar-refractivity contribution >= 4 is 11.6 Å². The quantitative estimate of drug-likeness (QED) is 0.569. The van der Waals surface area contributed by atoms with Gasteiger partial charge in [0.15, 0.2) is 0 Å². The number of carbonyl (C=O) groups is 1. The van der Waals surface area contributed by atoms with Gasteiger partial charge in [0.05, 0.1) is 19.3 Å². The van der Waals surface area contributed by atoms with Crippen LogP contribution in [-0.4, -0.2) is 19.6 Å². The van der Waals surface area contributed by atoms with Crippen molar-refractivity contribution in [3.63, 3.8) is 0 Å². The topological polar surface area (TPSA) is 64.3 Å². The summed E-state index contributed by atoms with van der Waals surface area (Å²) in [6.07, 6.45) is 0. The number of methoxy groups -OCH3 is 1. The SMILES string of the molecule is COc1ccc(C#CCNC(C)=O)c(N)c1. The van der Waals surface area contributed by atoms with Crippen molar-refractivity contribution in [1.82, 2.24) is 5.32 Å². The van der Waals surface area contributed by atoms with Crippen LogP contribution in [-0.2, 0) is 4.79 Å². The molecule has 4 nitrogen and oxygen atoms in total. The Balaban J connectivity index is 2.70. The summed E-state index contributed by atoms with van der Waals surface area (Å²) in [5.41, 5.74) is 7.06. The number of nitrogens with one attached hydrogen (secondary N) is 1. The number of rotatable bonds is 2. The molecule has 0 atom stereocenters. The molecule has 1 rings (SSSR count). The van der Waals surface area contributed by atoms with Gasteiger partial charge < -0.3 is 15.8 Å². The van der Waals surface area contributed by atoms with E-state index in [-0.39, 0.29) is 5.91 Å². The van der Waals surface area contributed by atoms with Gasteiger partial charge in [0, 0.05) is 18.6 Å². The fraction of sp³-hybridized carbons (Fsp3) is 0.250. The first-order valence-corrected chi connectivity index (χ1v) is 4.80. The molecule has 0 saturated heterocycles. The molecule has 0 fully saturated rings. The molecule has 3 N–H and O–H groups in total. The molecule has 0 saturated carbocycles. The van der Waals surface area contributed by atoms with Crippen molar-refractivity contribution in [3.8, 4) is 17.6 Å². The Morgan fingerprint density at radius 1 is 1.56 bits per heavy atom. The number of benzene rings is 1. The van der Waals surface area contributed by atoms with Crippen LogP contribution in [0.15, 0.2) is 18.2 Å². The van der Waals surface area contributed by atoms with Crippen molar-refractivity contribution < 1.29 is 9.53 Å². The van der Waals surface area contributed by atoms with E-state index in [1.165, 1.54) is 6.92 Å². The van der Waals surface area contributed by atoms with Crippen molar-refractivity contribution in [2.45, 2.75) is 6.92 Å². The van der Waals surface area contributed by atoms with E-state index < -0.39 is 0 Å². The lowest BCUT2D eigenvalue weighted by Gasteiger charge is -2.02. The highest BCUT2D eigenvalue weighted by Crippen LogP contribution is 2.18. The van der Waals surface area contributed by atoms with E-state index in [2.05, 4.69) is 17.2 Å². The highest BCUT2D eigenvalue weighted by atomic mass is 16.5. The van der Waals surface area contributed by atoms with Gasteiger partial charge in [-0.3, -0.25) is 4.79 Å². The molecule has 0 spiro atoms. The van der Waals surface area contributed by atoms with Crippen LogP contribution in [0.25, 0.3) is 0 Å². The summed E-state index contributed by atoms with van der Waals surface area (Å²) in [4.78, 5) is 10.6. The smallest absolute Gasteiger partial charge is 0.217 e. The summed E-state index contributed by atoms with van der Waals surface area (Å²) in [5.74, 6) is 6.28. The molecule has 0 aliphatic rings. The van der Waals surface area contributed by atoms with Gasteiger partial charge in [-0.1, -0.05) is 11.8 Å². The molecule has 0 aromatic heterocycles. The fourth-order valence-electron chi connectivity index (χ4n) is 1.09. The number of carbonyl (C=O) groups excluding carboxylic acids is 1. The summed E-state index contributed by atoms with van der Waals surface area (Å²) >= 11 is 0. The number of nitrogens with two attached hydrogens (primary N) is 1. The van der Waals surface area contributed by atoms with Crippen LogP contribution in [0.5, 0.6) is 5.75 Å². The van der Waals surface area contributed by atoms with Crippen LogP contribution in [0.1, 0.15) is 12.5 Å². The van der Waals surface area contributed by atoms with Gasteiger partial charge in [-0.2, -0.15) is 0 Å². The largest absolute Gasteiger partial charge is 0.497 e. The number of nitrogen functional groups attached to an aromatic ring is 1. The Hall–Kier alpha value is -2.15. The first-order chi connectivity index (χ1) is 7.63. The van der Waals surface area contributed by atoms with Gasteiger partial charge >= 0.3 is 0 Å². The molecule has 0 heterocycles. The standard InChI is InChI=1S/C12H14N2O2/c1-9(15)14-7-3-4-10-5-6-11(16-2)8-12(10)13/h5-6,8H,7,13H2,1-2H3,(H,14,15). The summed E-state index contributed by atoms with van der Waals surface area (Å²) in [5, 5.41) is 2.58. The predicted octanol–water partition coefficient (Wildman–Crippen LogP) is 0.765. The number of ether oxygens (including phenoxy) is 1. The minimum atomic E-state index is -0.1000. The highest BCUT2D eigenvalue weighted by molar-refractivity contribution is 5.73. The average molecular weight is 218 g/mol. The molecule has 0 aliphatic carbocycles. The first kappa shape index (κ1) is 11.9. The summed E-state index contributed by atoms with van der Waals surface area (Å²) in [6.45, 7) is 1.77. The molecule has 84 valence electrons. The van der Waals surface area contributed by atoms with Crippen LogP contribution in [0.3, 0.4) is 0 Å². The average Bonchev–Trinajstić information content (AvgIpc) is 2.25. The molecular formula is C12H14N2O2. The fourth-order valence-corrected chi connectivity index (χ4v) is 1.09. The molecule has 1 aromatic rings. The zero-order chi connectivity index (χ0) is 12.0. The minimum Gasteiger partial charge on any atom is -0.497 e. The number of hydrogen-bond donors (Lipinski definition) is 2. The third-order valence-electron chi connectivity index (χ3n) is 1.91. The molecule has 0 radical (unpaired) electrons. The van der Waals surface area contributed by atoms with Crippen molar-refractivity contribution in [3.05, 3.63) is 23.8 Å². The van der Waals surface area contributed by atoms with Crippen molar-refractivity contribution in [2.75, 3.05) is 19.4 Å². The Labute approximate surface area is 94.8 Å². The lowest BCUT2D eigenvalue weighted by molar-refractivity contribution is -0.118. The molecule has 0 unspecified atom stereocenters. The van der Waals surface area contributed by atoms with Gasteiger partial charge in [0.1, 0.15) is 5.75 Å². The van der Waals surface area contributed by atoms with E-state index in [0.717, 1.165) is 5.56 Å². The van der Waals surface area contributed by atoms with Crippen molar-refractivity contribution in [1.29, 1.82) is 0 Å². The molecule has 4 heteroatoms. The zero-order valence-corrected chi connectivity index (χ0v) is 9.33. The number of hydrogen-bond acceptors (Lipinski definition) is 3. The van der Waals surface area contributed by atoms with Gasteiger partial charge in [-0.15, -0.1) is 0 Å². The lowest BCUT2D eigenvalue weighted by Crippen LogP contribution is -2.19. The van der Waals surface area contributed by atoms with E-state index in [1.807, 2.05) is 0 Å². The van der Waals surface area contributed by atoms with E-state index in [0.29, 0.717) is 18.0 Å². The maximum absolute atomic E-state index is 10.6. The Morgan fingerprint density at radius 2 is 2.31 bits per heavy atom.